The Balaban J connectivity index is 1.87. The van der Waals surface area contributed by atoms with Crippen LogP contribution in [-0.4, -0.2) is 35.0 Å². The van der Waals surface area contributed by atoms with Crippen molar-refractivity contribution in [2.24, 2.45) is 0 Å². The zero-order chi connectivity index (χ0) is 23.6. The number of nitrogens with zero attached hydrogens (tertiary/aromatic N) is 1. The number of fused-ring (bicyclic) bond motifs is 1. The summed E-state index contributed by atoms with van der Waals surface area (Å²) in [6.45, 7) is 2.35. The van der Waals surface area contributed by atoms with E-state index < -0.39 is 15.6 Å². The van der Waals surface area contributed by atoms with E-state index in [1.54, 1.807) is 65.6 Å². The van der Waals surface area contributed by atoms with Gasteiger partial charge in [0, 0.05) is 30.0 Å². The summed E-state index contributed by atoms with van der Waals surface area (Å²) < 4.78 is 43.0. The maximum absolute atomic E-state index is 13.4. The monoisotopic (exact) mass is 465 g/mol. The van der Waals surface area contributed by atoms with Crippen LogP contribution in [0.1, 0.15) is 17.3 Å². The molecule has 0 saturated carbocycles. The molecule has 33 heavy (non-hydrogen) atoms. The van der Waals surface area contributed by atoms with Crippen molar-refractivity contribution in [1.29, 1.82) is 0 Å². The lowest BCUT2D eigenvalue weighted by atomic mass is 10.1. The first-order valence-electron chi connectivity index (χ1n) is 10.2. The van der Waals surface area contributed by atoms with Crippen LogP contribution in [0.4, 0.5) is 11.4 Å². The third-order valence-electron chi connectivity index (χ3n) is 5.22. The van der Waals surface area contributed by atoms with E-state index in [0.717, 1.165) is 0 Å². The van der Waals surface area contributed by atoms with Gasteiger partial charge in [0.2, 0.25) is 15.6 Å². The SMILES string of the molecule is CCOc1ccc(C(=O)C2=CN(c3cc(OC)cc(OC)c3)c3ccccc3S2(=O)=O)cc1. The number of ether oxygens (including phenoxy) is 3. The molecular weight excluding hydrogens is 442 g/mol. The standard InChI is InChI=1S/C25H23NO6S/c1-4-32-19-11-9-17(10-12-19)25(27)24-16-26(18-13-20(30-2)15-21(14-18)31-3)22-7-5-6-8-23(22)33(24,28)29/h5-16H,4H2,1-3H3. The third-order valence-corrected chi connectivity index (χ3v) is 7.01. The third kappa shape index (κ3) is 4.17. The van der Waals surface area contributed by atoms with Gasteiger partial charge in [-0.05, 0) is 43.3 Å². The molecule has 0 saturated heterocycles. The minimum absolute atomic E-state index is 0.0450. The van der Waals surface area contributed by atoms with Crippen LogP contribution < -0.4 is 19.1 Å². The molecule has 8 heteroatoms. The van der Waals surface area contributed by atoms with Gasteiger partial charge in [0.15, 0.2) is 0 Å². The summed E-state index contributed by atoms with van der Waals surface area (Å²) in [4.78, 5) is 14.7. The van der Waals surface area contributed by atoms with Crippen LogP contribution in [0.3, 0.4) is 0 Å². The quantitative estimate of drug-likeness (QED) is 0.466. The van der Waals surface area contributed by atoms with Crippen LogP contribution in [0.25, 0.3) is 0 Å². The Morgan fingerprint density at radius 1 is 0.879 bits per heavy atom. The summed E-state index contributed by atoms with van der Waals surface area (Å²) in [6.07, 6.45) is 1.35. The van der Waals surface area contributed by atoms with Gasteiger partial charge in [0.1, 0.15) is 22.2 Å². The highest BCUT2D eigenvalue weighted by atomic mass is 32.2. The fourth-order valence-corrected chi connectivity index (χ4v) is 5.14. The predicted molar refractivity (Wildman–Crippen MR) is 125 cm³/mol. The van der Waals surface area contributed by atoms with E-state index in [9.17, 15) is 13.2 Å². The smallest absolute Gasteiger partial charge is 0.214 e. The van der Waals surface area contributed by atoms with Crippen molar-refractivity contribution in [2.45, 2.75) is 11.8 Å². The first kappa shape index (κ1) is 22.4. The Hall–Kier alpha value is -3.78. The lowest BCUT2D eigenvalue weighted by Gasteiger charge is -2.29. The van der Waals surface area contributed by atoms with Gasteiger partial charge in [-0.15, -0.1) is 0 Å². The van der Waals surface area contributed by atoms with Gasteiger partial charge < -0.3 is 19.1 Å². The molecule has 7 nitrogen and oxygen atoms in total. The van der Waals surface area contributed by atoms with E-state index in [0.29, 0.717) is 35.2 Å². The van der Waals surface area contributed by atoms with Crippen LogP contribution in [0, 0.1) is 0 Å². The van der Waals surface area contributed by atoms with E-state index in [-0.39, 0.29) is 15.4 Å². The largest absolute Gasteiger partial charge is 0.497 e. The molecule has 0 aromatic heterocycles. The summed E-state index contributed by atoms with van der Waals surface area (Å²) in [7, 11) is -0.983. The molecule has 1 heterocycles. The predicted octanol–water partition coefficient (Wildman–Crippen LogP) is 4.75. The number of hydrogen-bond acceptors (Lipinski definition) is 7. The van der Waals surface area contributed by atoms with Gasteiger partial charge in [-0.25, -0.2) is 8.42 Å². The average Bonchev–Trinajstić information content (AvgIpc) is 2.84. The van der Waals surface area contributed by atoms with Gasteiger partial charge >= 0.3 is 0 Å². The van der Waals surface area contributed by atoms with Gasteiger partial charge in [-0.3, -0.25) is 4.79 Å². The molecule has 0 fully saturated rings. The molecule has 3 aromatic rings. The van der Waals surface area contributed by atoms with E-state index >= 15 is 0 Å². The van der Waals surface area contributed by atoms with Crippen LogP contribution in [0.2, 0.25) is 0 Å². The average molecular weight is 466 g/mol. The second-order valence-corrected chi connectivity index (χ2v) is 9.08. The second-order valence-electron chi connectivity index (χ2n) is 7.19. The number of rotatable bonds is 7. The molecule has 0 bridgehead atoms. The Morgan fingerprint density at radius 3 is 2.12 bits per heavy atom. The summed E-state index contributed by atoms with van der Waals surface area (Å²) in [5.74, 6) is 1.06. The number of carbonyl (C=O) groups excluding carboxylic acids is 1. The van der Waals surface area contributed by atoms with Crippen molar-refractivity contribution < 1.29 is 27.4 Å². The zero-order valence-electron chi connectivity index (χ0n) is 18.4. The van der Waals surface area contributed by atoms with Gasteiger partial charge in [-0.1, -0.05) is 12.1 Å². The minimum Gasteiger partial charge on any atom is -0.497 e. The summed E-state index contributed by atoms with van der Waals surface area (Å²) in [5, 5.41) is 0. The van der Waals surface area contributed by atoms with Crippen LogP contribution >= 0.6 is 0 Å². The van der Waals surface area contributed by atoms with Crippen LogP contribution in [0.15, 0.2) is 82.7 Å². The fourth-order valence-electron chi connectivity index (χ4n) is 3.60. The van der Waals surface area contributed by atoms with Crippen molar-refractivity contribution >= 4 is 27.0 Å². The molecular formula is C25H23NO6S. The highest BCUT2D eigenvalue weighted by Gasteiger charge is 2.36. The summed E-state index contributed by atoms with van der Waals surface area (Å²) in [5.41, 5.74) is 1.26. The van der Waals surface area contributed by atoms with Crippen molar-refractivity contribution in [3.63, 3.8) is 0 Å². The first-order chi connectivity index (χ1) is 15.9. The lowest BCUT2D eigenvalue weighted by molar-refractivity contribution is 0.104. The van der Waals surface area contributed by atoms with Crippen molar-refractivity contribution in [1.82, 2.24) is 0 Å². The second kappa shape index (κ2) is 8.99. The maximum Gasteiger partial charge on any atom is 0.214 e. The topological polar surface area (TPSA) is 82.1 Å². The number of Topliss-reactive ketones (excluding diaryl/α,β-unsaturated/α-hetero) is 1. The Bertz CT molecular complexity index is 1310. The zero-order valence-corrected chi connectivity index (χ0v) is 19.3. The Morgan fingerprint density at radius 2 is 1.52 bits per heavy atom. The van der Waals surface area contributed by atoms with Crippen molar-refractivity contribution in [2.75, 3.05) is 25.7 Å². The first-order valence-corrected chi connectivity index (χ1v) is 11.7. The molecule has 0 N–H and O–H groups in total. The van der Waals surface area contributed by atoms with Crippen LogP contribution in [0.5, 0.6) is 17.2 Å². The molecule has 0 aliphatic carbocycles. The van der Waals surface area contributed by atoms with Gasteiger partial charge in [0.25, 0.3) is 0 Å². The lowest BCUT2D eigenvalue weighted by Crippen LogP contribution is -2.25. The number of para-hydroxylation sites is 1. The van der Waals surface area contributed by atoms with Crippen molar-refractivity contribution in [3.05, 3.63) is 83.4 Å². The number of hydrogen-bond donors (Lipinski definition) is 0. The highest BCUT2D eigenvalue weighted by molar-refractivity contribution is 7.96. The molecule has 0 amide bonds. The van der Waals surface area contributed by atoms with E-state index in [2.05, 4.69) is 0 Å². The molecule has 0 atom stereocenters. The number of sulfone groups is 1. The van der Waals surface area contributed by atoms with E-state index in [1.165, 1.54) is 26.5 Å². The number of ketones is 1. The molecule has 4 rings (SSSR count). The number of methoxy groups -OCH3 is 2. The molecule has 0 spiro atoms. The minimum atomic E-state index is -4.05. The molecule has 170 valence electrons. The number of allylic oxidation sites excluding steroid dienone is 1. The summed E-state index contributed by atoms with van der Waals surface area (Å²) >= 11 is 0. The molecule has 1 aliphatic heterocycles. The molecule has 0 unspecified atom stereocenters. The Labute approximate surface area is 192 Å². The fraction of sp³-hybridized carbons (Fsp3) is 0.160. The number of anilines is 2. The molecule has 1 aliphatic rings. The van der Waals surface area contributed by atoms with E-state index in [1.807, 2.05) is 6.92 Å². The van der Waals surface area contributed by atoms with E-state index in [4.69, 9.17) is 14.2 Å². The van der Waals surface area contributed by atoms with Crippen molar-refractivity contribution in [3.8, 4) is 17.2 Å². The highest BCUT2D eigenvalue weighted by Crippen LogP contribution is 2.42. The normalized spacial score (nSPS) is 14.2. The van der Waals surface area contributed by atoms with Gasteiger partial charge in [-0.2, -0.15) is 0 Å². The summed E-state index contributed by atoms with van der Waals surface area (Å²) in [6, 6.07) is 18.2. The maximum atomic E-state index is 13.4. The van der Waals surface area contributed by atoms with Crippen LogP contribution in [-0.2, 0) is 9.84 Å². The number of benzene rings is 3. The number of carbonyl (C=O) groups is 1. The van der Waals surface area contributed by atoms with Gasteiger partial charge in [0.05, 0.1) is 37.1 Å². The molecule has 3 aromatic carbocycles. The Kier molecular flexibility index (Phi) is 6.11. The molecule has 0 radical (unpaired) electrons.